The highest BCUT2D eigenvalue weighted by atomic mass is 32.2. The molecule has 2 heterocycles. The van der Waals surface area contributed by atoms with Gasteiger partial charge in [0.2, 0.25) is 0 Å². The Morgan fingerprint density at radius 1 is 1.57 bits per heavy atom. The van der Waals surface area contributed by atoms with Crippen LogP contribution in [0.4, 0.5) is 5.69 Å². The Morgan fingerprint density at radius 3 is 2.86 bits per heavy atom. The lowest BCUT2D eigenvalue weighted by atomic mass is 10.5. The zero-order chi connectivity index (χ0) is 10.2. The highest BCUT2D eigenvalue weighted by Crippen LogP contribution is 2.26. The zero-order valence-electron chi connectivity index (χ0n) is 7.34. The van der Waals surface area contributed by atoms with E-state index in [-0.39, 0.29) is 4.21 Å². The topological polar surface area (TPSA) is 72.6 Å². The number of hydrogen-bond acceptors (Lipinski definition) is 5. The first-order valence-electron chi connectivity index (χ1n) is 4.10. The van der Waals surface area contributed by atoms with Crippen LogP contribution in [0, 0.1) is 0 Å². The van der Waals surface area contributed by atoms with Crippen molar-refractivity contribution in [1.82, 2.24) is 4.47 Å². The third-order valence-electron chi connectivity index (χ3n) is 1.84. The van der Waals surface area contributed by atoms with Gasteiger partial charge in [-0.3, -0.25) is 4.84 Å². The van der Waals surface area contributed by atoms with E-state index in [9.17, 15) is 8.42 Å². The Morgan fingerprint density at radius 2 is 2.36 bits per heavy atom. The van der Waals surface area contributed by atoms with E-state index >= 15 is 0 Å². The van der Waals surface area contributed by atoms with Crippen LogP contribution < -0.4 is 5.73 Å². The molecule has 2 rings (SSSR count). The first-order valence-corrected chi connectivity index (χ1v) is 6.42. The number of nitrogens with zero attached hydrogens (tertiary/aromatic N) is 1. The standard InChI is InChI=1S/C7H10N2O3S2/c8-6-4-7(13-5-6)14(10,11)9-2-1-3-12-9/h4-5H,1-3,8H2. The van der Waals surface area contributed by atoms with Crippen LogP contribution in [0.1, 0.15) is 6.42 Å². The van der Waals surface area contributed by atoms with Crippen molar-refractivity contribution in [2.45, 2.75) is 10.6 Å². The van der Waals surface area contributed by atoms with E-state index in [1.54, 1.807) is 5.38 Å². The first kappa shape index (κ1) is 9.91. The molecule has 2 N–H and O–H groups in total. The molecule has 0 saturated carbocycles. The molecule has 0 unspecified atom stereocenters. The zero-order valence-corrected chi connectivity index (χ0v) is 8.97. The van der Waals surface area contributed by atoms with E-state index in [2.05, 4.69) is 0 Å². The highest BCUT2D eigenvalue weighted by molar-refractivity contribution is 7.91. The van der Waals surface area contributed by atoms with Gasteiger partial charge in [0, 0.05) is 17.6 Å². The van der Waals surface area contributed by atoms with Crippen LogP contribution in [0.15, 0.2) is 15.7 Å². The number of nitrogens with two attached hydrogens (primary N) is 1. The Kier molecular flexibility index (Phi) is 2.48. The van der Waals surface area contributed by atoms with Crippen LogP contribution in [0.25, 0.3) is 0 Å². The molecule has 1 aliphatic heterocycles. The molecule has 0 aliphatic carbocycles. The Labute approximate surface area is 86.1 Å². The van der Waals surface area contributed by atoms with Gasteiger partial charge in [-0.25, -0.2) is 8.42 Å². The molecule has 7 heteroatoms. The number of hydroxylamine groups is 1. The molecule has 0 radical (unpaired) electrons. The molecule has 5 nitrogen and oxygen atoms in total. The predicted molar refractivity (Wildman–Crippen MR) is 53.2 cm³/mol. The van der Waals surface area contributed by atoms with Gasteiger partial charge in [-0.05, 0) is 12.5 Å². The van der Waals surface area contributed by atoms with Gasteiger partial charge < -0.3 is 5.73 Å². The quantitative estimate of drug-likeness (QED) is 0.815. The minimum atomic E-state index is -3.47. The van der Waals surface area contributed by atoms with Crippen LogP contribution in [0.5, 0.6) is 0 Å². The van der Waals surface area contributed by atoms with Gasteiger partial charge in [0.1, 0.15) is 4.21 Å². The largest absolute Gasteiger partial charge is 0.398 e. The van der Waals surface area contributed by atoms with Crippen molar-refractivity contribution in [3.63, 3.8) is 0 Å². The van der Waals surface area contributed by atoms with Gasteiger partial charge in [-0.1, -0.05) is 4.47 Å². The smallest absolute Gasteiger partial charge is 0.274 e. The van der Waals surface area contributed by atoms with Crippen LogP contribution in [-0.2, 0) is 14.9 Å². The summed E-state index contributed by atoms with van der Waals surface area (Å²) < 4.78 is 24.9. The molecular formula is C7H10N2O3S2. The van der Waals surface area contributed by atoms with Gasteiger partial charge in [-0.15, -0.1) is 11.3 Å². The molecule has 1 aromatic rings. The lowest BCUT2D eigenvalue weighted by molar-refractivity contribution is -0.0282. The second-order valence-corrected chi connectivity index (χ2v) is 5.88. The molecule has 14 heavy (non-hydrogen) atoms. The van der Waals surface area contributed by atoms with Crippen LogP contribution in [0.3, 0.4) is 0 Å². The Balaban J connectivity index is 2.32. The summed E-state index contributed by atoms with van der Waals surface area (Å²) in [5, 5.41) is 1.60. The van der Waals surface area contributed by atoms with Crippen molar-refractivity contribution in [2.24, 2.45) is 0 Å². The summed E-state index contributed by atoms with van der Waals surface area (Å²) in [6, 6.07) is 1.45. The number of anilines is 1. The van der Waals surface area contributed by atoms with Crippen molar-refractivity contribution in [2.75, 3.05) is 18.9 Å². The van der Waals surface area contributed by atoms with Crippen LogP contribution in [0.2, 0.25) is 0 Å². The van der Waals surface area contributed by atoms with Crippen molar-refractivity contribution >= 4 is 27.0 Å². The molecule has 0 bridgehead atoms. The SMILES string of the molecule is Nc1csc(S(=O)(=O)N2CCCO2)c1. The summed E-state index contributed by atoms with van der Waals surface area (Å²) in [7, 11) is -3.47. The van der Waals surface area contributed by atoms with E-state index in [1.807, 2.05) is 0 Å². The van der Waals surface area contributed by atoms with Gasteiger partial charge in [0.15, 0.2) is 0 Å². The number of hydrogen-bond donors (Lipinski definition) is 1. The van der Waals surface area contributed by atoms with Gasteiger partial charge in [-0.2, -0.15) is 0 Å². The second kappa shape index (κ2) is 3.50. The molecule has 78 valence electrons. The molecule has 1 aliphatic rings. The molecular weight excluding hydrogens is 224 g/mol. The summed E-state index contributed by atoms with van der Waals surface area (Å²) >= 11 is 1.11. The predicted octanol–water partition coefficient (Wildman–Crippen LogP) is 0.656. The van der Waals surface area contributed by atoms with Gasteiger partial charge in [0.05, 0.1) is 6.61 Å². The Bertz CT molecular complexity index is 420. The van der Waals surface area contributed by atoms with Crippen molar-refractivity contribution in [3.05, 3.63) is 11.4 Å². The fourth-order valence-corrected chi connectivity index (χ4v) is 3.65. The second-order valence-electron chi connectivity index (χ2n) is 2.92. The number of thiophene rings is 1. The summed E-state index contributed by atoms with van der Waals surface area (Å²) in [5.74, 6) is 0. The van der Waals surface area contributed by atoms with Crippen LogP contribution in [-0.4, -0.2) is 26.0 Å². The van der Waals surface area contributed by atoms with Crippen molar-refractivity contribution < 1.29 is 13.3 Å². The lowest BCUT2D eigenvalue weighted by Crippen LogP contribution is -2.25. The molecule has 0 aromatic carbocycles. The van der Waals surface area contributed by atoms with E-state index in [0.29, 0.717) is 18.8 Å². The summed E-state index contributed by atoms with van der Waals surface area (Å²) in [6.45, 7) is 0.875. The summed E-state index contributed by atoms with van der Waals surface area (Å²) in [6.07, 6.45) is 0.736. The highest BCUT2D eigenvalue weighted by Gasteiger charge is 2.29. The maximum Gasteiger partial charge on any atom is 0.274 e. The van der Waals surface area contributed by atoms with Crippen molar-refractivity contribution in [3.8, 4) is 0 Å². The summed E-state index contributed by atoms with van der Waals surface area (Å²) in [5.41, 5.74) is 5.93. The van der Waals surface area contributed by atoms with Gasteiger partial charge in [0.25, 0.3) is 10.0 Å². The fourth-order valence-electron chi connectivity index (χ4n) is 1.18. The Hall–Kier alpha value is -0.630. The molecule has 0 atom stereocenters. The molecule has 1 aromatic heterocycles. The van der Waals surface area contributed by atoms with E-state index in [0.717, 1.165) is 22.2 Å². The van der Waals surface area contributed by atoms with Crippen molar-refractivity contribution in [1.29, 1.82) is 0 Å². The fraction of sp³-hybridized carbons (Fsp3) is 0.429. The van der Waals surface area contributed by atoms with E-state index in [4.69, 9.17) is 10.6 Å². The third-order valence-corrected chi connectivity index (χ3v) is 4.95. The molecule has 1 fully saturated rings. The van der Waals surface area contributed by atoms with Gasteiger partial charge >= 0.3 is 0 Å². The monoisotopic (exact) mass is 234 g/mol. The average Bonchev–Trinajstić information content (AvgIpc) is 2.72. The first-order chi connectivity index (χ1) is 6.60. The summed E-state index contributed by atoms with van der Waals surface area (Å²) in [4.78, 5) is 4.99. The lowest BCUT2D eigenvalue weighted by Gasteiger charge is -2.11. The normalized spacial score (nSPS) is 18.9. The average molecular weight is 234 g/mol. The van der Waals surface area contributed by atoms with Crippen LogP contribution >= 0.6 is 11.3 Å². The number of rotatable bonds is 2. The number of sulfonamides is 1. The molecule has 1 saturated heterocycles. The van der Waals surface area contributed by atoms with E-state index in [1.165, 1.54) is 6.07 Å². The maximum absolute atomic E-state index is 11.8. The number of nitrogen functional groups attached to an aromatic ring is 1. The maximum atomic E-state index is 11.8. The molecule has 0 amide bonds. The van der Waals surface area contributed by atoms with E-state index < -0.39 is 10.0 Å². The minimum Gasteiger partial charge on any atom is -0.398 e. The third kappa shape index (κ3) is 1.63. The minimum absolute atomic E-state index is 0.233. The molecule has 0 spiro atoms.